The van der Waals surface area contributed by atoms with Crippen LogP contribution in [0.3, 0.4) is 0 Å². The summed E-state index contributed by atoms with van der Waals surface area (Å²) in [5, 5.41) is 2.93. The third-order valence-electron chi connectivity index (χ3n) is 5.97. The van der Waals surface area contributed by atoms with Crippen LogP contribution >= 0.6 is 0 Å². The highest BCUT2D eigenvalue weighted by Crippen LogP contribution is 2.31. The average Bonchev–Trinajstić information content (AvgIpc) is 3.54. The number of carbonyl (C=O) groups is 2. The van der Waals surface area contributed by atoms with Crippen molar-refractivity contribution in [1.82, 2.24) is 9.80 Å². The van der Waals surface area contributed by atoms with E-state index in [4.69, 9.17) is 9.47 Å². The summed E-state index contributed by atoms with van der Waals surface area (Å²) in [6, 6.07) is 5.43. The molecule has 0 bridgehead atoms. The van der Waals surface area contributed by atoms with Crippen LogP contribution in [-0.4, -0.2) is 74.7 Å². The first kappa shape index (κ1) is 21.6. The molecule has 3 rings (SSSR count). The summed E-state index contributed by atoms with van der Waals surface area (Å²) < 4.78 is 11.8. The first-order valence-electron chi connectivity index (χ1n) is 10.4. The Balaban J connectivity index is 1.88. The van der Waals surface area contributed by atoms with Crippen molar-refractivity contribution in [2.75, 3.05) is 46.2 Å². The number of hydrogen-bond donors (Lipinski definition) is 1. The van der Waals surface area contributed by atoms with Gasteiger partial charge in [-0.05, 0) is 44.9 Å². The second-order valence-corrected chi connectivity index (χ2v) is 8.51. The van der Waals surface area contributed by atoms with E-state index in [1.54, 1.807) is 37.3 Å². The van der Waals surface area contributed by atoms with Crippen LogP contribution in [-0.2, 0) is 9.53 Å². The van der Waals surface area contributed by atoms with Crippen LogP contribution in [0.25, 0.3) is 0 Å². The molecule has 0 saturated heterocycles. The molecule has 1 N–H and O–H groups in total. The van der Waals surface area contributed by atoms with Gasteiger partial charge in [-0.2, -0.15) is 0 Å². The van der Waals surface area contributed by atoms with Gasteiger partial charge in [0.2, 0.25) is 5.91 Å². The number of rotatable bonds is 3. The minimum absolute atomic E-state index is 0.0339. The highest BCUT2D eigenvalue weighted by molar-refractivity contribution is 5.99. The number of nitrogens with one attached hydrogen (secondary N) is 1. The first-order valence-corrected chi connectivity index (χ1v) is 10.4. The van der Waals surface area contributed by atoms with E-state index in [0.29, 0.717) is 30.2 Å². The number of ether oxygens (including phenoxy) is 2. The summed E-state index contributed by atoms with van der Waals surface area (Å²) in [5.41, 5.74) is 1.16. The summed E-state index contributed by atoms with van der Waals surface area (Å²) >= 11 is 0. The molecule has 1 saturated carbocycles. The average molecular weight is 404 g/mol. The molecule has 0 unspecified atom stereocenters. The largest absolute Gasteiger partial charge is 0.491 e. The molecule has 0 spiro atoms. The number of hydrogen-bond acceptors (Lipinski definition) is 5. The number of methoxy groups -OCH3 is 1. The molecule has 1 aliphatic carbocycles. The topological polar surface area (TPSA) is 71.1 Å². The Labute approximate surface area is 173 Å². The summed E-state index contributed by atoms with van der Waals surface area (Å²) in [7, 11) is 5.55. The molecule has 2 amide bonds. The highest BCUT2D eigenvalue weighted by Gasteiger charge is 2.30. The van der Waals surface area contributed by atoms with Crippen molar-refractivity contribution in [3.63, 3.8) is 0 Å². The van der Waals surface area contributed by atoms with E-state index in [1.165, 1.54) is 0 Å². The van der Waals surface area contributed by atoms with Gasteiger partial charge in [0.05, 0.1) is 11.7 Å². The standard InChI is InChI=1S/C22H33N3O4/c1-14-11-24(3)15(2)13-29-19-10-17(23-21(26)16-6-7-16)8-9-18(19)22(27)25(4)12-20(14)28-5/h8-10,14-16,20H,6-7,11-13H2,1-5H3,(H,23,26)/t14-,15-,20+/m0/s1. The maximum Gasteiger partial charge on any atom is 0.257 e. The molecule has 3 atom stereocenters. The van der Waals surface area contributed by atoms with Crippen LogP contribution in [0.1, 0.15) is 37.0 Å². The molecule has 7 nitrogen and oxygen atoms in total. The van der Waals surface area contributed by atoms with E-state index in [-0.39, 0.29) is 35.8 Å². The number of anilines is 1. The minimum atomic E-state index is -0.115. The van der Waals surface area contributed by atoms with Crippen molar-refractivity contribution < 1.29 is 19.1 Å². The summed E-state index contributed by atoms with van der Waals surface area (Å²) in [6.45, 7) is 6.04. The van der Waals surface area contributed by atoms with Crippen LogP contribution in [0.5, 0.6) is 5.75 Å². The molecular weight excluding hydrogens is 370 g/mol. The maximum atomic E-state index is 13.1. The first-order chi connectivity index (χ1) is 13.8. The lowest BCUT2D eigenvalue weighted by molar-refractivity contribution is -0.117. The lowest BCUT2D eigenvalue weighted by atomic mass is 10.0. The van der Waals surface area contributed by atoms with E-state index < -0.39 is 0 Å². The van der Waals surface area contributed by atoms with Crippen molar-refractivity contribution in [1.29, 1.82) is 0 Å². The van der Waals surface area contributed by atoms with Crippen molar-refractivity contribution in [2.45, 2.75) is 38.8 Å². The van der Waals surface area contributed by atoms with Gasteiger partial charge < -0.3 is 19.7 Å². The van der Waals surface area contributed by atoms with Crippen LogP contribution < -0.4 is 10.1 Å². The van der Waals surface area contributed by atoms with Gasteiger partial charge in [0, 0.05) is 51.0 Å². The number of fused-ring (bicyclic) bond motifs is 1. The zero-order chi connectivity index (χ0) is 21.1. The minimum Gasteiger partial charge on any atom is -0.491 e. The molecule has 1 aromatic rings. The van der Waals surface area contributed by atoms with E-state index >= 15 is 0 Å². The fourth-order valence-electron chi connectivity index (χ4n) is 3.62. The predicted octanol–water partition coefficient (Wildman–Crippen LogP) is 2.47. The van der Waals surface area contributed by atoms with E-state index in [2.05, 4.69) is 31.1 Å². The number of likely N-dealkylation sites (N-methyl/N-ethyl adjacent to an activating group) is 2. The number of nitrogens with zero attached hydrogens (tertiary/aromatic N) is 2. The molecule has 1 aliphatic heterocycles. The van der Waals surface area contributed by atoms with Gasteiger partial charge >= 0.3 is 0 Å². The normalized spacial score (nSPS) is 26.7. The molecule has 0 aromatic heterocycles. The van der Waals surface area contributed by atoms with Gasteiger partial charge in [-0.15, -0.1) is 0 Å². The number of benzene rings is 1. The molecule has 2 aliphatic rings. The van der Waals surface area contributed by atoms with E-state index in [1.807, 2.05) is 0 Å². The molecular formula is C22H33N3O4. The maximum absolute atomic E-state index is 13.1. The zero-order valence-electron chi connectivity index (χ0n) is 18.1. The second kappa shape index (κ2) is 9.13. The Hall–Kier alpha value is -2.12. The fourth-order valence-corrected chi connectivity index (χ4v) is 3.62. The van der Waals surface area contributed by atoms with E-state index in [9.17, 15) is 9.59 Å². The van der Waals surface area contributed by atoms with E-state index in [0.717, 1.165) is 19.4 Å². The smallest absolute Gasteiger partial charge is 0.257 e. The van der Waals surface area contributed by atoms with Gasteiger partial charge in [0.25, 0.3) is 5.91 Å². The number of amides is 2. The molecule has 1 heterocycles. The lowest BCUT2D eigenvalue weighted by Crippen LogP contribution is -2.45. The van der Waals surface area contributed by atoms with Crippen LogP contribution in [0.4, 0.5) is 5.69 Å². The quantitative estimate of drug-likeness (QED) is 0.840. The molecule has 160 valence electrons. The van der Waals surface area contributed by atoms with Gasteiger partial charge in [0.1, 0.15) is 12.4 Å². The SMILES string of the molecule is CO[C@@H]1CN(C)C(=O)c2ccc(NC(=O)C3CC3)cc2OC[C@H](C)N(C)C[C@@H]1C. The van der Waals surface area contributed by atoms with Gasteiger partial charge in [0.15, 0.2) is 0 Å². The fraction of sp³-hybridized carbons (Fsp3) is 0.636. The predicted molar refractivity (Wildman–Crippen MR) is 112 cm³/mol. The van der Waals surface area contributed by atoms with Crippen molar-refractivity contribution in [3.05, 3.63) is 23.8 Å². The highest BCUT2D eigenvalue weighted by atomic mass is 16.5. The Bertz CT molecular complexity index is 750. The van der Waals surface area contributed by atoms with Crippen LogP contribution in [0.2, 0.25) is 0 Å². The van der Waals surface area contributed by atoms with Gasteiger partial charge in [-0.25, -0.2) is 0 Å². The summed E-state index contributed by atoms with van der Waals surface area (Å²) in [5.74, 6) is 0.800. The van der Waals surface area contributed by atoms with Gasteiger partial charge in [-0.3, -0.25) is 14.5 Å². The zero-order valence-corrected chi connectivity index (χ0v) is 18.1. The van der Waals surface area contributed by atoms with Crippen LogP contribution in [0.15, 0.2) is 18.2 Å². The molecule has 29 heavy (non-hydrogen) atoms. The summed E-state index contributed by atoms with van der Waals surface area (Å²) in [4.78, 5) is 29.2. The van der Waals surface area contributed by atoms with Crippen molar-refractivity contribution >= 4 is 17.5 Å². The summed E-state index contributed by atoms with van der Waals surface area (Å²) in [6.07, 6.45) is 1.83. The monoisotopic (exact) mass is 403 g/mol. The van der Waals surface area contributed by atoms with Crippen molar-refractivity contribution in [2.24, 2.45) is 11.8 Å². The molecule has 0 radical (unpaired) electrons. The lowest BCUT2D eigenvalue weighted by Gasteiger charge is -2.34. The Morgan fingerprint density at radius 3 is 2.59 bits per heavy atom. The third-order valence-corrected chi connectivity index (χ3v) is 5.97. The van der Waals surface area contributed by atoms with Crippen molar-refractivity contribution in [3.8, 4) is 5.75 Å². The van der Waals surface area contributed by atoms with Crippen LogP contribution in [0, 0.1) is 11.8 Å². The third kappa shape index (κ3) is 5.28. The van der Waals surface area contributed by atoms with Gasteiger partial charge in [-0.1, -0.05) is 6.92 Å². The number of carbonyl (C=O) groups excluding carboxylic acids is 2. The Morgan fingerprint density at radius 2 is 1.93 bits per heavy atom. The molecule has 1 aromatic carbocycles. The second-order valence-electron chi connectivity index (χ2n) is 8.51. The Morgan fingerprint density at radius 1 is 1.21 bits per heavy atom. The molecule has 7 heteroatoms. The molecule has 1 fully saturated rings. The Kier molecular flexibility index (Phi) is 6.80.